The van der Waals surface area contributed by atoms with Gasteiger partial charge in [-0.1, -0.05) is 0 Å². The number of nitrogens with one attached hydrogen (secondary N) is 1. The van der Waals surface area contributed by atoms with Crippen LogP contribution in [0.2, 0.25) is 0 Å². The molecule has 2 heterocycles. The molecule has 3 N–H and O–H groups in total. The minimum Gasteiger partial charge on any atom is -0.370 e. The summed E-state index contributed by atoms with van der Waals surface area (Å²) in [6.07, 6.45) is 8.84. The van der Waals surface area contributed by atoms with E-state index < -0.39 is 0 Å². The van der Waals surface area contributed by atoms with E-state index in [-0.39, 0.29) is 11.8 Å². The van der Waals surface area contributed by atoms with Crippen molar-refractivity contribution in [2.75, 3.05) is 19.4 Å². The number of hydrogen-bond acceptors (Lipinski definition) is 6. The van der Waals surface area contributed by atoms with Gasteiger partial charge < -0.3 is 16.0 Å². The number of fused-ring (bicyclic) bond motifs is 3. The predicted octanol–water partition coefficient (Wildman–Crippen LogP) is 2.88. The molecule has 0 aliphatic heterocycles. The number of rotatable bonds is 5. The highest BCUT2D eigenvalue weighted by molar-refractivity contribution is 7.19. The van der Waals surface area contributed by atoms with Gasteiger partial charge in [-0.3, -0.25) is 4.79 Å². The van der Waals surface area contributed by atoms with Crippen molar-refractivity contribution >= 4 is 33.3 Å². The molecule has 6 nitrogen and oxygen atoms in total. The van der Waals surface area contributed by atoms with Gasteiger partial charge in [0.2, 0.25) is 5.91 Å². The van der Waals surface area contributed by atoms with Crippen molar-refractivity contribution in [2.24, 2.45) is 5.73 Å². The van der Waals surface area contributed by atoms with E-state index in [0.29, 0.717) is 18.5 Å². The number of aromatic nitrogens is 2. The van der Waals surface area contributed by atoms with Crippen molar-refractivity contribution in [3.05, 3.63) is 16.8 Å². The molecule has 140 valence electrons. The van der Waals surface area contributed by atoms with Crippen LogP contribution >= 0.6 is 11.3 Å². The molecular weight excluding hydrogens is 346 g/mol. The van der Waals surface area contributed by atoms with Crippen molar-refractivity contribution in [2.45, 2.75) is 62.9 Å². The van der Waals surface area contributed by atoms with Gasteiger partial charge in [0.25, 0.3) is 0 Å². The van der Waals surface area contributed by atoms with E-state index in [1.54, 1.807) is 17.7 Å². The lowest BCUT2D eigenvalue weighted by atomic mass is 9.90. The van der Waals surface area contributed by atoms with Gasteiger partial charge in [0.1, 0.15) is 17.0 Å². The number of thiophene rings is 1. The van der Waals surface area contributed by atoms with Gasteiger partial charge in [-0.15, -0.1) is 11.3 Å². The fraction of sp³-hybridized carbons (Fsp3) is 0.632. The van der Waals surface area contributed by atoms with E-state index in [4.69, 9.17) is 5.73 Å². The molecule has 2 aromatic heterocycles. The van der Waals surface area contributed by atoms with Crippen LogP contribution in [0.15, 0.2) is 6.33 Å². The molecule has 2 aliphatic rings. The number of primary amides is 1. The highest BCUT2D eigenvalue weighted by atomic mass is 32.1. The van der Waals surface area contributed by atoms with Gasteiger partial charge in [0.15, 0.2) is 0 Å². The maximum absolute atomic E-state index is 11.5. The fourth-order valence-electron chi connectivity index (χ4n) is 4.55. The Morgan fingerprint density at radius 1 is 1.27 bits per heavy atom. The number of nitrogens with two attached hydrogens (primary N) is 1. The Labute approximate surface area is 158 Å². The summed E-state index contributed by atoms with van der Waals surface area (Å²) in [6, 6.07) is 1.14. The zero-order valence-corrected chi connectivity index (χ0v) is 16.3. The molecule has 1 amide bonds. The van der Waals surface area contributed by atoms with E-state index in [0.717, 1.165) is 41.7 Å². The summed E-state index contributed by atoms with van der Waals surface area (Å²) in [7, 11) is 4.33. The Kier molecular flexibility index (Phi) is 4.84. The van der Waals surface area contributed by atoms with Gasteiger partial charge in [-0.25, -0.2) is 9.97 Å². The summed E-state index contributed by atoms with van der Waals surface area (Å²) in [5.74, 6) is 0.931. The Morgan fingerprint density at radius 2 is 2.04 bits per heavy atom. The Balaban J connectivity index is 1.59. The zero-order valence-electron chi connectivity index (χ0n) is 15.5. The third-order valence-corrected chi connectivity index (χ3v) is 7.12. The average Bonchev–Trinajstić information content (AvgIpc) is 3.15. The Hall–Kier alpha value is -1.73. The molecule has 2 aliphatic carbocycles. The van der Waals surface area contributed by atoms with E-state index in [2.05, 4.69) is 34.3 Å². The van der Waals surface area contributed by atoms with Crippen molar-refractivity contribution in [3.8, 4) is 0 Å². The topological polar surface area (TPSA) is 84.1 Å². The maximum Gasteiger partial charge on any atom is 0.218 e. The number of aryl methyl sites for hydroxylation is 1. The first-order valence-electron chi connectivity index (χ1n) is 9.50. The van der Waals surface area contributed by atoms with Crippen LogP contribution in [-0.2, 0) is 11.2 Å². The highest BCUT2D eigenvalue weighted by Gasteiger charge is 2.31. The Bertz CT molecular complexity index is 810. The van der Waals surface area contributed by atoms with Gasteiger partial charge in [0, 0.05) is 23.4 Å². The third-order valence-electron chi connectivity index (χ3n) is 5.95. The van der Waals surface area contributed by atoms with Crippen LogP contribution in [0.25, 0.3) is 10.2 Å². The monoisotopic (exact) mass is 373 g/mol. The normalized spacial score (nSPS) is 25.6. The second-order valence-electron chi connectivity index (χ2n) is 7.86. The number of hydrogen-bond donors (Lipinski definition) is 2. The second-order valence-corrected chi connectivity index (χ2v) is 8.94. The molecule has 0 aromatic carbocycles. The van der Waals surface area contributed by atoms with Gasteiger partial charge in [-0.05, 0) is 64.1 Å². The largest absolute Gasteiger partial charge is 0.370 e. The molecule has 1 fully saturated rings. The predicted molar refractivity (Wildman–Crippen MR) is 106 cm³/mol. The fourth-order valence-corrected chi connectivity index (χ4v) is 5.79. The average molecular weight is 374 g/mol. The van der Waals surface area contributed by atoms with Crippen LogP contribution in [0, 0.1) is 0 Å². The van der Waals surface area contributed by atoms with Crippen LogP contribution in [-0.4, -0.2) is 47.0 Å². The minimum atomic E-state index is -0.226. The second kappa shape index (κ2) is 7.12. The summed E-state index contributed by atoms with van der Waals surface area (Å²) in [4.78, 5) is 25.3. The van der Waals surface area contributed by atoms with Crippen LogP contribution < -0.4 is 11.1 Å². The lowest BCUT2D eigenvalue weighted by Crippen LogP contribution is -2.36. The molecule has 0 bridgehead atoms. The summed E-state index contributed by atoms with van der Waals surface area (Å²) < 4.78 is 0. The minimum absolute atomic E-state index is 0.215. The number of amides is 1. The van der Waals surface area contributed by atoms with Gasteiger partial charge in [-0.2, -0.15) is 0 Å². The SMILES string of the molecule is CN(C)[C@H]1CC[C@H](Nc2ncnc3sc4c(c23)C(CC(N)=O)CC4)CC1. The zero-order chi connectivity index (χ0) is 18.3. The summed E-state index contributed by atoms with van der Waals surface area (Å²) >= 11 is 1.75. The van der Waals surface area contributed by atoms with Crippen LogP contribution in [0.3, 0.4) is 0 Å². The summed E-state index contributed by atoms with van der Waals surface area (Å²) in [6.45, 7) is 0. The van der Waals surface area contributed by atoms with Gasteiger partial charge >= 0.3 is 0 Å². The highest BCUT2D eigenvalue weighted by Crippen LogP contribution is 2.46. The molecule has 1 unspecified atom stereocenters. The quantitative estimate of drug-likeness (QED) is 0.842. The lowest BCUT2D eigenvalue weighted by molar-refractivity contribution is -0.118. The number of carbonyl (C=O) groups is 1. The van der Waals surface area contributed by atoms with Crippen LogP contribution in [0.5, 0.6) is 0 Å². The first-order chi connectivity index (χ1) is 12.5. The van der Waals surface area contributed by atoms with Crippen molar-refractivity contribution in [1.82, 2.24) is 14.9 Å². The Morgan fingerprint density at radius 3 is 2.73 bits per heavy atom. The molecule has 4 rings (SSSR count). The number of nitrogens with zero attached hydrogens (tertiary/aromatic N) is 3. The van der Waals surface area contributed by atoms with E-state index in [1.165, 1.54) is 23.3 Å². The lowest BCUT2D eigenvalue weighted by Gasteiger charge is -2.33. The molecule has 2 aromatic rings. The molecule has 7 heteroatoms. The summed E-state index contributed by atoms with van der Waals surface area (Å²) in [5.41, 5.74) is 6.75. The van der Waals surface area contributed by atoms with Crippen molar-refractivity contribution in [3.63, 3.8) is 0 Å². The van der Waals surface area contributed by atoms with Crippen molar-refractivity contribution in [1.29, 1.82) is 0 Å². The molecule has 0 radical (unpaired) electrons. The number of anilines is 1. The first kappa shape index (κ1) is 17.7. The molecule has 0 spiro atoms. The maximum atomic E-state index is 11.5. The molecule has 26 heavy (non-hydrogen) atoms. The van der Waals surface area contributed by atoms with Crippen LogP contribution in [0.1, 0.15) is 54.9 Å². The van der Waals surface area contributed by atoms with Gasteiger partial charge in [0.05, 0.1) is 5.39 Å². The number of carbonyl (C=O) groups excluding carboxylic acids is 1. The molecular formula is C19H27N5OS. The smallest absolute Gasteiger partial charge is 0.218 e. The van der Waals surface area contributed by atoms with E-state index >= 15 is 0 Å². The molecule has 0 saturated heterocycles. The van der Waals surface area contributed by atoms with E-state index in [9.17, 15) is 4.79 Å². The molecule has 1 atom stereocenters. The standard InChI is InChI=1S/C19H27N5OS/c1-24(2)13-6-4-12(5-7-13)23-18-17-16-11(9-15(20)25)3-8-14(16)26-19(17)22-10-21-18/h10-13H,3-9H2,1-2H3,(H2,20,25)(H,21,22,23)/t11?,12-,13-. The molecule has 1 saturated carbocycles. The summed E-state index contributed by atoms with van der Waals surface area (Å²) in [5, 5.41) is 4.82. The third kappa shape index (κ3) is 3.30. The van der Waals surface area contributed by atoms with E-state index in [1.807, 2.05) is 0 Å². The first-order valence-corrected chi connectivity index (χ1v) is 10.3. The van der Waals surface area contributed by atoms with Crippen molar-refractivity contribution < 1.29 is 4.79 Å². The van der Waals surface area contributed by atoms with Crippen LogP contribution in [0.4, 0.5) is 5.82 Å².